The van der Waals surface area contributed by atoms with E-state index in [0.717, 1.165) is 6.42 Å². The van der Waals surface area contributed by atoms with Crippen LogP contribution in [0.3, 0.4) is 0 Å². The molecule has 0 bridgehead atoms. The molecule has 1 nitrogen and oxygen atoms in total. The van der Waals surface area contributed by atoms with Crippen LogP contribution < -0.4 is 0 Å². The van der Waals surface area contributed by atoms with E-state index in [1.54, 1.807) is 0 Å². The Bertz CT molecular complexity index is 129. The molecule has 9 heavy (non-hydrogen) atoms. The van der Waals surface area contributed by atoms with Crippen molar-refractivity contribution in [2.75, 3.05) is 0 Å². The first kappa shape index (κ1) is 6.81. The van der Waals surface area contributed by atoms with Gasteiger partial charge in [-0.2, -0.15) is 0 Å². The maximum Gasteiger partial charge on any atom is 0.0840 e. The number of ether oxygens (including phenoxy) is 1. The minimum atomic E-state index is 0.0272. The van der Waals surface area contributed by atoms with Gasteiger partial charge in [0, 0.05) is 0 Å². The monoisotopic (exact) mass is 126 g/mol. The highest BCUT2D eigenvalue weighted by molar-refractivity contribution is 5.07. The molecule has 1 heteroatoms. The van der Waals surface area contributed by atoms with Crippen LogP contribution in [-0.2, 0) is 4.74 Å². The second kappa shape index (κ2) is 2.14. The second-order valence-electron chi connectivity index (χ2n) is 2.85. The Hall–Kier alpha value is -0.300. The van der Waals surface area contributed by atoms with Gasteiger partial charge < -0.3 is 4.74 Å². The summed E-state index contributed by atoms with van der Waals surface area (Å²) < 4.78 is 5.59. The van der Waals surface area contributed by atoms with E-state index in [4.69, 9.17) is 4.74 Å². The number of rotatable bonds is 1. The Morgan fingerprint density at radius 3 is 2.56 bits per heavy atom. The van der Waals surface area contributed by atoms with Crippen LogP contribution in [0.15, 0.2) is 12.2 Å². The fraction of sp³-hybridized carbons (Fsp3) is 0.750. The van der Waals surface area contributed by atoms with Gasteiger partial charge in [-0.1, -0.05) is 19.1 Å². The van der Waals surface area contributed by atoms with E-state index in [-0.39, 0.29) is 5.60 Å². The molecular formula is C8H14O. The Kier molecular flexibility index (Phi) is 1.62. The zero-order valence-electron chi connectivity index (χ0n) is 6.35. The van der Waals surface area contributed by atoms with E-state index in [1.165, 1.54) is 0 Å². The van der Waals surface area contributed by atoms with Gasteiger partial charge in [0.1, 0.15) is 0 Å². The molecule has 0 N–H and O–H groups in total. The van der Waals surface area contributed by atoms with Crippen LogP contribution in [0.25, 0.3) is 0 Å². The predicted molar refractivity (Wildman–Crippen MR) is 38.4 cm³/mol. The highest BCUT2D eigenvalue weighted by atomic mass is 16.5. The van der Waals surface area contributed by atoms with Crippen molar-refractivity contribution in [1.82, 2.24) is 0 Å². The molecule has 0 aromatic heterocycles. The van der Waals surface area contributed by atoms with Gasteiger partial charge in [0.25, 0.3) is 0 Å². The summed E-state index contributed by atoms with van der Waals surface area (Å²) in [4.78, 5) is 0. The molecule has 52 valence electrons. The summed E-state index contributed by atoms with van der Waals surface area (Å²) in [7, 11) is 0. The molecule has 1 aliphatic rings. The fourth-order valence-corrected chi connectivity index (χ4v) is 1.04. The van der Waals surface area contributed by atoms with Crippen LogP contribution in [-0.4, -0.2) is 11.7 Å². The lowest BCUT2D eigenvalue weighted by molar-refractivity contribution is -0.00499. The third kappa shape index (κ3) is 1.33. The molecule has 0 radical (unpaired) electrons. The SMILES string of the molecule is CCC1(C)C=CC(C)O1. The Balaban J connectivity index is 2.57. The van der Waals surface area contributed by atoms with E-state index in [0.29, 0.717) is 6.10 Å². The molecule has 0 saturated carbocycles. The number of hydrogen-bond acceptors (Lipinski definition) is 1. The molecular weight excluding hydrogens is 112 g/mol. The van der Waals surface area contributed by atoms with Crippen molar-refractivity contribution in [1.29, 1.82) is 0 Å². The molecule has 1 rings (SSSR count). The molecule has 0 amide bonds. The predicted octanol–water partition coefficient (Wildman–Crippen LogP) is 2.13. The first-order valence-corrected chi connectivity index (χ1v) is 3.53. The zero-order valence-corrected chi connectivity index (χ0v) is 6.35. The summed E-state index contributed by atoms with van der Waals surface area (Å²) in [5.41, 5.74) is 0.0272. The van der Waals surface area contributed by atoms with Crippen molar-refractivity contribution in [3.8, 4) is 0 Å². The minimum Gasteiger partial charge on any atom is -0.364 e. The largest absolute Gasteiger partial charge is 0.364 e. The Morgan fingerprint density at radius 1 is 1.67 bits per heavy atom. The van der Waals surface area contributed by atoms with Crippen molar-refractivity contribution in [2.24, 2.45) is 0 Å². The van der Waals surface area contributed by atoms with Gasteiger partial charge >= 0.3 is 0 Å². The molecule has 0 fully saturated rings. The van der Waals surface area contributed by atoms with Gasteiger partial charge in [-0.15, -0.1) is 0 Å². The van der Waals surface area contributed by atoms with Gasteiger partial charge in [0.15, 0.2) is 0 Å². The molecule has 0 spiro atoms. The topological polar surface area (TPSA) is 9.23 Å². The van der Waals surface area contributed by atoms with Crippen molar-refractivity contribution in [3.63, 3.8) is 0 Å². The zero-order chi connectivity index (χ0) is 6.91. The van der Waals surface area contributed by atoms with Gasteiger partial charge in [0.05, 0.1) is 11.7 Å². The van der Waals surface area contributed by atoms with Crippen LogP contribution >= 0.6 is 0 Å². The summed E-state index contributed by atoms with van der Waals surface area (Å²) in [5, 5.41) is 0. The quantitative estimate of drug-likeness (QED) is 0.489. The Labute approximate surface area is 56.7 Å². The Morgan fingerprint density at radius 2 is 2.33 bits per heavy atom. The van der Waals surface area contributed by atoms with E-state index < -0.39 is 0 Å². The molecule has 0 saturated heterocycles. The van der Waals surface area contributed by atoms with Crippen molar-refractivity contribution in [3.05, 3.63) is 12.2 Å². The number of hydrogen-bond donors (Lipinski definition) is 0. The normalized spacial score (nSPS) is 41.9. The van der Waals surface area contributed by atoms with Crippen molar-refractivity contribution >= 4 is 0 Å². The summed E-state index contributed by atoms with van der Waals surface area (Å²) >= 11 is 0. The first-order valence-electron chi connectivity index (χ1n) is 3.53. The first-order chi connectivity index (χ1) is 4.16. The van der Waals surface area contributed by atoms with E-state index in [1.807, 2.05) is 0 Å². The standard InChI is InChI=1S/C8H14O/c1-4-8(3)6-5-7(2)9-8/h5-7H,4H2,1-3H3. The van der Waals surface area contributed by atoms with Gasteiger partial charge in [0.2, 0.25) is 0 Å². The maximum atomic E-state index is 5.59. The van der Waals surface area contributed by atoms with E-state index in [9.17, 15) is 0 Å². The van der Waals surface area contributed by atoms with Crippen LogP contribution in [0, 0.1) is 0 Å². The molecule has 1 heterocycles. The van der Waals surface area contributed by atoms with E-state index >= 15 is 0 Å². The summed E-state index contributed by atoms with van der Waals surface area (Å²) in [6, 6.07) is 0. The lowest BCUT2D eigenvalue weighted by Crippen LogP contribution is -2.22. The summed E-state index contributed by atoms with van der Waals surface area (Å²) in [6.45, 7) is 6.33. The van der Waals surface area contributed by atoms with Crippen molar-refractivity contribution < 1.29 is 4.74 Å². The van der Waals surface area contributed by atoms with Crippen LogP contribution in [0.1, 0.15) is 27.2 Å². The fourth-order valence-electron chi connectivity index (χ4n) is 1.04. The third-order valence-corrected chi connectivity index (χ3v) is 1.88. The van der Waals surface area contributed by atoms with Gasteiger partial charge in [-0.05, 0) is 20.3 Å². The molecule has 1 aliphatic heterocycles. The van der Waals surface area contributed by atoms with Gasteiger partial charge in [-0.25, -0.2) is 0 Å². The summed E-state index contributed by atoms with van der Waals surface area (Å²) in [5.74, 6) is 0. The molecule has 0 aromatic rings. The second-order valence-corrected chi connectivity index (χ2v) is 2.85. The average Bonchev–Trinajstić information content (AvgIpc) is 2.13. The molecule has 2 atom stereocenters. The van der Waals surface area contributed by atoms with Crippen LogP contribution in [0.2, 0.25) is 0 Å². The highest BCUT2D eigenvalue weighted by Gasteiger charge is 2.25. The molecule has 0 aliphatic carbocycles. The molecule has 2 unspecified atom stereocenters. The summed E-state index contributed by atoms with van der Waals surface area (Å²) in [6.07, 6.45) is 5.64. The van der Waals surface area contributed by atoms with Crippen LogP contribution in [0.5, 0.6) is 0 Å². The average molecular weight is 126 g/mol. The minimum absolute atomic E-state index is 0.0272. The van der Waals surface area contributed by atoms with Crippen LogP contribution in [0.4, 0.5) is 0 Å². The lowest BCUT2D eigenvalue weighted by atomic mass is 10.1. The highest BCUT2D eigenvalue weighted by Crippen LogP contribution is 2.25. The third-order valence-electron chi connectivity index (χ3n) is 1.88. The molecule has 0 aromatic carbocycles. The maximum absolute atomic E-state index is 5.59. The van der Waals surface area contributed by atoms with Crippen molar-refractivity contribution in [2.45, 2.75) is 38.9 Å². The smallest absolute Gasteiger partial charge is 0.0840 e. The van der Waals surface area contributed by atoms with E-state index in [2.05, 4.69) is 32.9 Å². The van der Waals surface area contributed by atoms with Gasteiger partial charge in [-0.3, -0.25) is 0 Å². The lowest BCUT2D eigenvalue weighted by Gasteiger charge is -2.20.